The van der Waals surface area contributed by atoms with Crippen molar-refractivity contribution in [2.75, 3.05) is 26.4 Å². The second-order valence-corrected chi connectivity index (χ2v) is 18.9. The van der Waals surface area contributed by atoms with Gasteiger partial charge < -0.3 is 18.9 Å². The summed E-state index contributed by atoms with van der Waals surface area (Å²) in [6, 6.07) is 33.1. The number of unbranched alkanes of at least 4 members (excludes halogenated alkanes) is 18. The van der Waals surface area contributed by atoms with Crippen LogP contribution in [-0.4, -0.2) is 46.4 Å². The predicted octanol–water partition coefficient (Wildman–Crippen LogP) is 16.9. The molecule has 8 heteroatoms. The second-order valence-electron chi connectivity index (χ2n) is 18.9. The Hall–Kier alpha value is -5.76. The lowest BCUT2D eigenvalue weighted by Crippen LogP contribution is -1.99. The van der Waals surface area contributed by atoms with Gasteiger partial charge in [-0.05, 0) is 146 Å². The Labute approximate surface area is 421 Å². The first-order valence-corrected chi connectivity index (χ1v) is 27.2. The van der Waals surface area contributed by atoms with Crippen LogP contribution < -0.4 is 18.9 Å². The van der Waals surface area contributed by atoms with E-state index in [2.05, 4.69) is 107 Å². The first-order chi connectivity index (χ1) is 34.7. The molecule has 2 aromatic heterocycles. The number of aryl methyl sites for hydroxylation is 2. The van der Waals surface area contributed by atoms with Crippen molar-refractivity contribution < 1.29 is 18.9 Å². The molecule has 0 saturated heterocycles. The summed E-state index contributed by atoms with van der Waals surface area (Å²) in [5, 5.41) is 0. The van der Waals surface area contributed by atoms with Crippen LogP contribution in [0.25, 0.3) is 33.9 Å². The Balaban J connectivity index is 0.731. The summed E-state index contributed by atoms with van der Waals surface area (Å²) in [7, 11) is 0. The Bertz CT molecular complexity index is 2070. The Morgan fingerprint density at radius 1 is 0.271 bits per heavy atom. The van der Waals surface area contributed by atoms with E-state index in [0.29, 0.717) is 0 Å². The van der Waals surface area contributed by atoms with Crippen molar-refractivity contribution in [3.8, 4) is 56.9 Å². The van der Waals surface area contributed by atoms with Gasteiger partial charge in [0.1, 0.15) is 23.0 Å². The summed E-state index contributed by atoms with van der Waals surface area (Å²) in [6.45, 7) is 7.44. The standard InChI is InChI=1S/C62H82N4O4/c1-3-5-7-9-13-19-25-51-47-63-61(64-48-51)55-31-39-59(40-32-55)69-45-23-17-11-15-21-43-67-57-35-27-53(28-36-57)54-29-37-58(38-30-54)68-44-22-16-12-18-24-46-70-60-41-33-56(34-42-60)62-65-49-52(50-66-62)26-20-14-10-8-6-4-2/h27-42,47-50H,3-26,43-46H2,1-2H3. The molecular weight excluding hydrogens is 865 g/mol. The van der Waals surface area contributed by atoms with E-state index in [1.165, 1.54) is 112 Å². The zero-order valence-corrected chi connectivity index (χ0v) is 42.8. The molecule has 0 amide bonds. The van der Waals surface area contributed by atoms with Crippen molar-refractivity contribution in [1.82, 2.24) is 19.9 Å². The van der Waals surface area contributed by atoms with E-state index < -0.39 is 0 Å². The predicted molar refractivity (Wildman–Crippen MR) is 289 cm³/mol. The SMILES string of the molecule is CCCCCCCCc1cnc(-c2ccc(OCCCCCCCOc3ccc(-c4ccc(OCCCCCCCOc5ccc(-c6ncc(CCCCCCCC)cn6)cc5)cc4)cc3)cc2)nc1. The fourth-order valence-electron chi connectivity index (χ4n) is 8.60. The van der Waals surface area contributed by atoms with Crippen molar-refractivity contribution >= 4 is 0 Å². The van der Waals surface area contributed by atoms with Crippen molar-refractivity contribution in [3.05, 3.63) is 133 Å². The molecule has 0 aliphatic rings. The van der Waals surface area contributed by atoms with Gasteiger partial charge in [0.2, 0.25) is 0 Å². The lowest BCUT2D eigenvalue weighted by Gasteiger charge is -2.10. The topological polar surface area (TPSA) is 88.5 Å². The molecule has 70 heavy (non-hydrogen) atoms. The van der Waals surface area contributed by atoms with E-state index in [0.717, 1.165) is 136 Å². The highest BCUT2D eigenvalue weighted by Crippen LogP contribution is 2.26. The molecule has 6 aromatic rings. The smallest absolute Gasteiger partial charge is 0.159 e. The Kier molecular flexibility index (Phi) is 25.2. The summed E-state index contributed by atoms with van der Waals surface area (Å²) in [5.74, 6) is 5.16. The molecular formula is C62H82N4O4. The van der Waals surface area contributed by atoms with Crippen molar-refractivity contribution in [2.24, 2.45) is 0 Å². The lowest BCUT2D eigenvalue weighted by atomic mass is 10.1. The number of hydrogen-bond donors (Lipinski definition) is 0. The minimum atomic E-state index is 0.727. The summed E-state index contributed by atoms with van der Waals surface area (Å²) in [5.41, 5.74) is 6.82. The Morgan fingerprint density at radius 3 is 0.800 bits per heavy atom. The minimum absolute atomic E-state index is 0.727. The summed E-state index contributed by atoms with van der Waals surface area (Å²) < 4.78 is 24.2. The van der Waals surface area contributed by atoms with Gasteiger partial charge in [0.25, 0.3) is 0 Å². The van der Waals surface area contributed by atoms with Crippen LogP contribution in [0.1, 0.15) is 166 Å². The summed E-state index contributed by atoms with van der Waals surface area (Å²) >= 11 is 0. The molecule has 6 rings (SSSR count). The molecule has 0 aliphatic carbocycles. The molecule has 0 saturated carbocycles. The first-order valence-electron chi connectivity index (χ1n) is 27.2. The van der Waals surface area contributed by atoms with Crippen molar-refractivity contribution in [1.29, 1.82) is 0 Å². The van der Waals surface area contributed by atoms with Crippen LogP contribution in [-0.2, 0) is 12.8 Å². The quantitative estimate of drug-likeness (QED) is 0.0357. The number of benzene rings is 4. The molecule has 0 unspecified atom stereocenters. The number of nitrogens with zero attached hydrogens (tertiary/aromatic N) is 4. The third-order valence-electron chi connectivity index (χ3n) is 13.0. The van der Waals surface area contributed by atoms with E-state index in [1.54, 1.807) is 0 Å². The normalized spacial score (nSPS) is 11.2. The summed E-state index contributed by atoms with van der Waals surface area (Å²) in [6.07, 6.45) is 36.8. The number of aromatic nitrogens is 4. The zero-order valence-electron chi connectivity index (χ0n) is 42.8. The highest BCUT2D eigenvalue weighted by atomic mass is 16.5. The van der Waals surface area contributed by atoms with Crippen LogP contribution in [0.15, 0.2) is 122 Å². The average Bonchev–Trinajstić information content (AvgIpc) is 3.41. The molecule has 0 N–H and O–H groups in total. The molecule has 8 nitrogen and oxygen atoms in total. The largest absolute Gasteiger partial charge is 0.494 e. The van der Waals surface area contributed by atoms with Gasteiger partial charge in [0.05, 0.1) is 26.4 Å². The van der Waals surface area contributed by atoms with Gasteiger partial charge in [-0.2, -0.15) is 0 Å². The molecule has 2 heterocycles. The van der Waals surface area contributed by atoms with Crippen LogP contribution in [0.5, 0.6) is 23.0 Å². The average molecular weight is 947 g/mol. The van der Waals surface area contributed by atoms with E-state index in [1.807, 2.05) is 49.1 Å². The first kappa shape index (κ1) is 53.6. The van der Waals surface area contributed by atoms with E-state index >= 15 is 0 Å². The van der Waals surface area contributed by atoms with E-state index in [9.17, 15) is 0 Å². The number of ether oxygens (including phenoxy) is 4. The van der Waals surface area contributed by atoms with Gasteiger partial charge in [-0.15, -0.1) is 0 Å². The zero-order chi connectivity index (χ0) is 48.5. The monoisotopic (exact) mass is 947 g/mol. The van der Waals surface area contributed by atoms with Crippen molar-refractivity contribution in [2.45, 2.75) is 168 Å². The molecule has 0 bridgehead atoms. The van der Waals surface area contributed by atoms with Gasteiger partial charge in [-0.3, -0.25) is 0 Å². The maximum Gasteiger partial charge on any atom is 0.159 e. The number of rotatable bonds is 37. The van der Waals surface area contributed by atoms with Gasteiger partial charge in [-0.25, -0.2) is 19.9 Å². The van der Waals surface area contributed by atoms with Crippen LogP contribution in [0.3, 0.4) is 0 Å². The highest BCUT2D eigenvalue weighted by molar-refractivity contribution is 5.65. The molecule has 0 spiro atoms. The van der Waals surface area contributed by atoms with Gasteiger partial charge in [0, 0.05) is 35.9 Å². The molecule has 0 aliphatic heterocycles. The maximum absolute atomic E-state index is 6.06. The van der Waals surface area contributed by atoms with Crippen molar-refractivity contribution in [3.63, 3.8) is 0 Å². The van der Waals surface area contributed by atoms with Crippen LogP contribution >= 0.6 is 0 Å². The summed E-state index contributed by atoms with van der Waals surface area (Å²) in [4.78, 5) is 18.5. The van der Waals surface area contributed by atoms with Crippen LogP contribution in [0, 0.1) is 0 Å². The lowest BCUT2D eigenvalue weighted by molar-refractivity contribution is 0.293. The third-order valence-corrected chi connectivity index (χ3v) is 13.0. The minimum Gasteiger partial charge on any atom is -0.494 e. The maximum atomic E-state index is 6.06. The van der Waals surface area contributed by atoms with Gasteiger partial charge in [0.15, 0.2) is 11.6 Å². The fourth-order valence-corrected chi connectivity index (χ4v) is 8.60. The highest BCUT2D eigenvalue weighted by Gasteiger charge is 2.07. The fraction of sp³-hybridized carbons (Fsp3) is 0.484. The van der Waals surface area contributed by atoms with Crippen LogP contribution in [0.4, 0.5) is 0 Å². The van der Waals surface area contributed by atoms with E-state index in [4.69, 9.17) is 18.9 Å². The molecule has 374 valence electrons. The van der Waals surface area contributed by atoms with E-state index in [-0.39, 0.29) is 0 Å². The van der Waals surface area contributed by atoms with Gasteiger partial charge >= 0.3 is 0 Å². The van der Waals surface area contributed by atoms with Gasteiger partial charge in [-0.1, -0.05) is 141 Å². The molecule has 0 radical (unpaired) electrons. The molecule has 0 atom stereocenters. The second kappa shape index (κ2) is 32.9. The number of hydrogen-bond acceptors (Lipinski definition) is 8. The third kappa shape index (κ3) is 20.7. The molecule has 0 fully saturated rings. The van der Waals surface area contributed by atoms with Crippen LogP contribution in [0.2, 0.25) is 0 Å². The Morgan fingerprint density at radius 2 is 0.514 bits per heavy atom. The molecule has 4 aromatic carbocycles.